The summed E-state index contributed by atoms with van der Waals surface area (Å²) in [6.07, 6.45) is 1.02. The number of hydrogen-bond donors (Lipinski definition) is 3. The summed E-state index contributed by atoms with van der Waals surface area (Å²) in [4.78, 5) is 11.9. The van der Waals surface area contributed by atoms with Gasteiger partial charge in [-0.25, -0.2) is 8.42 Å². The number of aromatic nitrogens is 1. The highest BCUT2D eigenvalue weighted by molar-refractivity contribution is 7.89. The second-order valence-electron chi connectivity index (χ2n) is 5.04. The maximum absolute atomic E-state index is 12.3. The zero-order chi connectivity index (χ0) is 16.8. The van der Waals surface area contributed by atoms with Crippen molar-refractivity contribution in [1.82, 2.24) is 20.5 Å². The smallest absolute Gasteiger partial charge is 0.246 e. The predicted octanol–water partition coefficient (Wildman–Crippen LogP) is 0.496. The molecular weight excluding hydrogens is 344 g/mol. The van der Waals surface area contributed by atoms with Crippen molar-refractivity contribution in [3.63, 3.8) is 0 Å². The number of halogens is 1. The number of sulfonamides is 1. The molecule has 1 rings (SSSR count). The standard InChI is InChI=1S/C13H24N4O4S.ClH/c1-5-6-14-7-8-15-13(18)10(3)17-22(19,20)12-9(2)16-21-11(12)4;/h10,14,17H,5-8H2,1-4H3,(H,15,18);1H. The minimum atomic E-state index is -3.84. The van der Waals surface area contributed by atoms with Crippen LogP contribution in [-0.2, 0) is 14.8 Å². The van der Waals surface area contributed by atoms with Crippen LogP contribution in [0.2, 0.25) is 0 Å². The van der Waals surface area contributed by atoms with Gasteiger partial charge in [0.2, 0.25) is 15.9 Å². The lowest BCUT2D eigenvalue weighted by Gasteiger charge is -2.14. The van der Waals surface area contributed by atoms with Crippen LogP contribution < -0.4 is 15.4 Å². The lowest BCUT2D eigenvalue weighted by atomic mass is 10.3. The van der Waals surface area contributed by atoms with Gasteiger partial charge in [-0.15, -0.1) is 12.4 Å². The van der Waals surface area contributed by atoms with Crippen LogP contribution >= 0.6 is 12.4 Å². The quantitative estimate of drug-likeness (QED) is 0.547. The molecular formula is C13H25ClN4O4S. The van der Waals surface area contributed by atoms with Crippen molar-refractivity contribution in [2.45, 2.75) is 45.1 Å². The zero-order valence-corrected chi connectivity index (χ0v) is 15.4. The maximum atomic E-state index is 12.3. The Morgan fingerprint density at radius 2 is 1.91 bits per heavy atom. The van der Waals surface area contributed by atoms with E-state index in [9.17, 15) is 13.2 Å². The summed E-state index contributed by atoms with van der Waals surface area (Å²) < 4.78 is 31.7. The summed E-state index contributed by atoms with van der Waals surface area (Å²) in [6, 6.07) is -0.884. The number of carbonyl (C=O) groups excluding carboxylic acids is 1. The molecule has 23 heavy (non-hydrogen) atoms. The first-order valence-electron chi connectivity index (χ1n) is 7.23. The number of nitrogens with one attached hydrogen (secondary N) is 3. The van der Waals surface area contributed by atoms with Gasteiger partial charge in [-0.3, -0.25) is 4.79 Å². The van der Waals surface area contributed by atoms with E-state index in [2.05, 4.69) is 27.4 Å². The lowest BCUT2D eigenvalue weighted by Crippen LogP contribution is -2.46. The van der Waals surface area contributed by atoms with Gasteiger partial charge in [-0.2, -0.15) is 4.72 Å². The number of carbonyl (C=O) groups is 1. The third-order valence-electron chi connectivity index (χ3n) is 2.99. The zero-order valence-electron chi connectivity index (χ0n) is 13.8. The Kier molecular flexibility index (Phi) is 9.37. The predicted molar refractivity (Wildman–Crippen MR) is 89.2 cm³/mol. The Bertz CT molecular complexity index is 584. The van der Waals surface area contributed by atoms with E-state index in [1.165, 1.54) is 20.8 Å². The van der Waals surface area contributed by atoms with Gasteiger partial charge in [0.25, 0.3) is 0 Å². The van der Waals surface area contributed by atoms with E-state index in [0.29, 0.717) is 13.1 Å². The van der Waals surface area contributed by atoms with Crippen LogP contribution in [0, 0.1) is 13.8 Å². The van der Waals surface area contributed by atoms with Crippen LogP contribution in [0.25, 0.3) is 0 Å². The van der Waals surface area contributed by atoms with Crippen molar-refractivity contribution < 1.29 is 17.7 Å². The molecule has 10 heteroatoms. The van der Waals surface area contributed by atoms with Crippen molar-refractivity contribution in [2.75, 3.05) is 19.6 Å². The summed E-state index contributed by atoms with van der Waals surface area (Å²) in [5.74, 6) is -0.185. The number of hydrogen-bond acceptors (Lipinski definition) is 6. The Hall–Kier alpha value is -1.16. The molecule has 134 valence electrons. The lowest BCUT2D eigenvalue weighted by molar-refractivity contribution is -0.122. The van der Waals surface area contributed by atoms with Crippen LogP contribution in [0.5, 0.6) is 0 Å². The monoisotopic (exact) mass is 368 g/mol. The molecule has 1 aromatic heterocycles. The molecule has 0 bridgehead atoms. The van der Waals surface area contributed by atoms with Gasteiger partial charge in [-0.05, 0) is 33.7 Å². The molecule has 0 aromatic carbocycles. The van der Waals surface area contributed by atoms with E-state index in [1.807, 2.05) is 0 Å². The van der Waals surface area contributed by atoms with Crippen LogP contribution in [-0.4, -0.2) is 45.2 Å². The van der Waals surface area contributed by atoms with Gasteiger partial charge < -0.3 is 15.2 Å². The topological polar surface area (TPSA) is 113 Å². The molecule has 0 radical (unpaired) electrons. The third-order valence-corrected chi connectivity index (χ3v) is 4.77. The largest absolute Gasteiger partial charge is 0.360 e. The molecule has 1 amide bonds. The highest BCUT2D eigenvalue weighted by Gasteiger charge is 2.27. The minimum absolute atomic E-state index is 0. The molecule has 0 saturated heterocycles. The highest BCUT2D eigenvalue weighted by atomic mass is 35.5. The van der Waals surface area contributed by atoms with E-state index >= 15 is 0 Å². The van der Waals surface area contributed by atoms with Gasteiger partial charge in [0, 0.05) is 13.1 Å². The normalized spacial score (nSPS) is 12.5. The maximum Gasteiger partial charge on any atom is 0.246 e. The average molecular weight is 369 g/mol. The molecule has 1 heterocycles. The second kappa shape index (κ2) is 9.86. The van der Waals surface area contributed by atoms with Gasteiger partial charge in [0.1, 0.15) is 10.6 Å². The Labute approximate surface area is 143 Å². The minimum Gasteiger partial charge on any atom is -0.360 e. The SMILES string of the molecule is CCCNCCNC(=O)C(C)NS(=O)(=O)c1c(C)noc1C.Cl. The van der Waals surface area contributed by atoms with Crippen molar-refractivity contribution >= 4 is 28.3 Å². The summed E-state index contributed by atoms with van der Waals surface area (Å²) in [6.45, 7) is 8.55. The molecule has 8 nitrogen and oxygen atoms in total. The molecule has 0 aliphatic heterocycles. The van der Waals surface area contributed by atoms with E-state index in [0.717, 1.165) is 13.0 Å². The van der Waals surface area contributed by atoms with E-state index in [-0.39, 0.29) is 34.7 Å². The van der Waals surface area contributed by atoms with Crippen molar-refractivity contribution in [3.8, 4) is 0 Å². The molecule has 0 saturated carbocycles. The molecule has 1 unspecified atom stereocenters. The fraction of sp³-hybridized carbons (Fsp3) is 0.692. The average Bonchev–Trinajstić information content (AvgIpc) is 2.77. The number of nitrogens with zero attached hydrogens (tertiary/aromatic N) is 1. The Morgan fingerprint density at radius 1 is 1.26 bits per heavy atom. The van der Waals surface area contributed by atoms with Crippen LogP contribution in [0.15, 0.2) is 9.42 Å². The first-order chi connectivity index (χ1) is 10.3. The molecule has 0 spiro atoms. The van der Waals surface area contributed by atoms with Gasteiger partial charge >= 0.3 is 0 Å². The molecule has 1 atom stereocenters. The molecule has 0 aliphatic rings. The van der Waals surface area contributed by atoms with E-state index in [4.69, 9.17) is 4.52 Å². The van der Waals surface area contributed by atoms with Crippen LogP contribution in [0.1, 0.15) is 31.7 Å². The van der Waals surface area contributed by atoms with Gasteiger partial charge in [-0.1, -0.05) is 12.1 Å². The van der Waals surface area contributed by atoms with E-state index in [1.54, 1.807) is 0 Å². The first-order valence-corrected chi connectivity index (χ1v) is 8.71. The van der Waals surface area contributed by atoms with Gasteiger partial charge in [0.15, 0.2) is 5.76 Å². The molecule has 3 N–H and O–H groups in total. The highest BCUT2D eigenvalue weighted by Crippen LogP contribution is 2.18. The molecule has 0 fully saturated rings. The molecule has 1 aromatic rings. The summed E-state index contributed by atoms with van der Waals surface area (Å²) >= 11 is 0. The van der Waals surface area contributed by atoms with Crippen molar-refractivity contribution in [1.29, 1.82) is 0 Å². The molecule has 0 aliphatic carbocycles. The Morgan fingerprint density at radius 3 is 2.43 bits per heavy atom. The number of aryl methyl sites for hydroxylation is 2. The van der Waals surface area contributed by atoms with Crippen molar-refractivity contribution in [2.24, 2.45) is 0 Å². The first kappa shape index (κ1) is 21.8. The number of amides is 1. The summed E-state index contributed by atoms with van der Waals surface area (Å²) in [7, 11) is -3.84. The van der Waals surface area contributed by atoms with Crippen LogP contribution in [0.4, 0.5) is 0 Å². The van der Waals surface area contributed by atoms with Crippen molar-refractivity contribution in [3.05, 3.63) is 11.5 Å². The van der Waals surface area contributed by atoms with Crippen LogP contribution in [0.3, 0.4) is 0 Å². The third kappa shape index (κ3) is 6.46. The van der Waals surface area contributed by atoms with Gasteiger partial charge in [0.05, 0.1) is 6.04 Å². The summed E-state index contributed by atoms with van der Waals surface area (Å²) in [5.41, 5.74) is 0.265. The fourth-order valence-electron chi connectivity index (χ4n) is 1.93. The number of rotatable bonds is 9. The fourth-order valence-corrected chi connectivity index (χ4v) is 3.46. The Balaban J connectivity index is 0.00000484. The second-order valence-corrected chi connectivity index (χ2v) is 6.69. The summed E-state index contributed by atoms with van der Waals surface area (Å²) in [5, 5.41) is 9.42. The van der Waals surface area contributed by atoms with E-state index < -0.39 is 16.1 Å².